The first-order valence-electron chi connectivity index (χ1n) is 8.21. The highest BCUT2D eigenvalue weighted by Crippen LogP contribution is 2.27. The van der Waals surface area contributed by atoms with E-state index in [2.05, 4.69) is 32.5 Å². The molecule has 0 aliphatic rings. The first-order chi connectivity index (χ1) is 12.7. The maximum Gasteiger partial charge on any atom is 0.255 e. The number of benzene rings is 2. The lowest BCUT2D eigenvalue weighted by molar-refractivity contribution is 0.102. The summed E-state index contributed by atoms with van der Waals surface area (Å²) in [4.78, 5) is 12.5. The summed E-state index contributed by atoms with van der Waals surface area (Å²) in [7, 11) is -3.59. The second-order valence-corrected chi connectivity index (χ2v) is 8.55. The molecule has 1 amide bonds. The Bertz CT molecular complexity index is 925. The molecular weight excluding hydrogens is 432 g/mol. The summed E-state index contributed by atoms with van der Waals surface area (Å²) in [6.07, 6.45) is 1.48. The van der Waals surface area contributed by atoms with Crippen LogP contribution in [0.3, 0.4) is 0 Å². The van der Waals surface area contributed by atoms with Crippen molar-refractivity contribution in [3.63, 3.8) is 0 Å². The summed E-state index contributed by atoms with van der Waals surface area (Å²) in [5.74, 6) is 0.343. The van der Waals surface area contributed by atoms with Crippen molar-refractivity contribution in [1.29, 1.82) is 0 Å². The summed E-state index contributed by atoms with van der Waals surface area (Å²) in [6.45, 7) is 7.46. The Hall–Kier alpha value is -2.16. The Morgan fingerprint density at radius 3 is 2.44 bits per heavy atom. The lowest BCUT2D eigenvalue weighted by Gasteiger charge is -2.12. The SMILES string of the molecule is C=CCNS(=O)(=O)c1ccc(NC(=O)c2ccc(OC(C)C)c(Br)c2)cc1. The Morgan fingerprint density at radius 1 is 1.22 bits per heavy atom. The topological polar surface area (TPSA) is 84.5 Å². The number of rotatable bonds is 8. The molecule has 0 unspecified atom stereocenters. The fourth-order valence-corrected chi connectivity index (χ4v) is 3.63. The van der Waals surface area contributed by atoms with Gasteiger partial charge in [0.2, 0.25) is 10.0 Å². The van der Waals surface area contributed by atoms with E-state index in [-0.39, 0.29) is 23.5 Å². The molecule has 0 aromatic heterocycles. The number of hydrogen-bond donors (Lipinski definition) is 2. The van der Waals surface area contributed by atoms with E-state index in [1.165, 1.54) is 30.3 Å². The monoisotopic (exact) mass is 452 g/mol. The molecular formula is C19H21BrN2O4S. The molecule has 0 spiro atoms. The number of hydrogen-bond acceptors (Lipinski definition) is 4. The van der Waals surface area contributed by atoms with Crippen LogP contribution in [0.2, 0.25) is 0 Å². The van der Waals surface area contributed by atoms with Gasteiger partial charge in [0, 0.05) is 17.8 Å². The van der Waals surface area contributed by atoms with Crippen LogP contribution in [0.25, 0.3) is 0 Å². The van der Waals surface area contributed by atoms with Gasteiger partial charge in [-0.2, -0.15) is 0 Å². The number of nitrogens with one attached hydrogen (secondary N) is 2. The minimum absolute atomic E-state index is 0.0248. The molecule has 0 saturated heterocycles. The summed E-state index contributed by atoms with van der Waals surface area (Å²) in [6, 6.07) is 11.0. The van der Waals surface area contributed by atoms with Crippen LogP contribution in [0, 0.1) is 0 Å². The lowest BCUT2D eigenvalue weighted by atomic mass is 10.2. The molecule has 0 bridgehead atoms. The van der Waals surface area contributed by atoms with Gasteiger partial charge >= 0.3 is 0 Å². The third kappa shape index (κ3) is 5.92. The number of anilines is 1. The molecule has 0 saturated carbocycles. The number of carbonyl (C=O) groups excluding carboxylic acids is 1. The van der Waals surface area contributed by atoms with Crippen molar-refractivity contribution in [3.05, 3.63) is 65.2 Å². The Labute approximate surface area is 167 Å². The first-order valence-corrected chi connectivity index (χ1v) is 10.5. The van der Waals surface area contributed by atoms with E-state index in [9.17, 15) is 13.2 Å². The highest BCUT2D eigenvalue weighted by molar-refractivity contribution is 9.10. The summed E-state index contributed by atoms with van der Waals surface area (Å²) in [5, 5.41) is 2.74. The van der Waals surface area contributed by atoms with E-state index in [1.54, 1.807) is 18.2 Å². The zero-order valence-electron chi connectivity index (χ0n) is 15.0. The fourth-order valence-electron chi connectivity index (χ4n) is 2.16. The van der Waals surface area contributed by atoms with Gasteiger partial charge in [0.15, 0.2) is 0 Å². The van der Waals surface area contributed by atoms with E-state index in [4.69, 9.17) is 4.74 Å². The van der Waals surface area contributed by atoms with Gasteiger partial charge in [-0.25, -0.2) is 13.1 Å². The van der Waals surface area contributed by atoms with Gasteiger partial charge in [-0.1, -0.05) is 6.08 Å². The minimum Gasteiger partial charge on any atom is -0.490 e. The van der Waals surface area contributed by atoms with Gasteiger partial charge in [-0.05, 0) is 72.2 Å². The molecule has 2 N–H and O–H groups in total. The molecule has 0 aliphatic heterocycles. The van der Waals surface area contributed by atoms with Crippen molar-refractivity contribution >= 4 is 37.5 Å². The lowest BCUT2D eigenvalue weighted by Crippen LogP contribution is -2.23. The standard InChI is InChI=1S/C19H21BrN2O4S/c1-4-11-21-27(24,25)16-8-6-15(7-9-16)22-19(23)14-5-10-18(17(20)12-14)26-13(2)3/h4-10,12-13,21H,1,11H2,2-3H3,(H,22,23). The van der Waals surface area contributed by atoms with E-state index >= 15 is 0 Å². The molecule has 6 nitrogen and oxygen atoms in total. The van der Waals surface area contributed by atoms with Gasteiger partial charge in [0.25, 0.3) is 5.91 Å². The maximum absolute atomic E-state index is 12.4. The van der Waals surface area contributed by atoms with Gasteiger partial charge in [-0.3, -0.25) is 4.79 Å². The number of amides is 1. The zero-order valence-corrected chi connectivity index (χ0v) is 17.4. The Kier molecular flexibility index (Phi) is 7.18. The van der Waals surface area contributed by atoms with Crippen molar-refractivity contribution in [2.24, 2.45) is 0 Å². The number of sulfonamides is 1. The van der Waals surface area contributed by atoms with Crippen LogP contribution in [-0.2, 0) is 10.0 Å². The summed E-state index contributed by atoms with van der Waals surface area (Å²) < 4.78 is 32.7. The Balaban J connectivity index is 2.10. The second kappa shape index (κ2) is 9.16. The van der Waals surface area contributed by atoms with Gasteiger partial charge in [-0.15, -0.1) is 6.58 Å². The molecule has 0 fully saturated rings. The van der Waals surface area contributed by atoms with Crippen molar-refractivity contribution in [2.75, 3.05) is 11.9 Å². The van der Waals surface area contributed by atoms with E-state index in [1.807, 2.05) is 13.8 Å². The average Bonchev–Trinajstić information content (AvgIpc) is 2.62. The quantitative estimate of drug-likeness (QED) is 0.593. The average molecular weight is 453 g/mol. The maximum atomic E-state index is 12.4. The largest absolute Gasteiger partial charge is 0.490 e. The highest BCUT2D eigenvalue weighted by atomic mass is 79.9. The third-order valence-electron chi connectivity index (χ3n) is 3.40. The van der Waals surface area contributed by atoms with Crippen LogP contribution in [0.15, 0.2) is 64.5 Å². The number of ether oxygens (including phenoxy) is 1. The molecule has 0 radical (unpaired) electrons. The molecule has 8 heteroatoms. The zero-order chi connectivity index (χ0) is 20.0. The van der Waals surface area contributed by atoms with Crippen LogP contribution in [0.4, 0.5) is 5.69 Å². The molecule has 0 atom stereocenters. The fraction of sp³-hybridized carbons (Fsp3) is 0.211. The smallest absolute Gasteiger partial charge is 0.255 e. The van der Waals surface area contributed by atoms with Crippen molar-refractivity contribution in [1.82, 2.24) is 4.72 Å². The van der Waals surface area contributed by atoms with E-state index in [0.29, 0.717) is 21.5 Å². The van der Waals surface area contributed by atoms with Crippen molar-refractivity contribution < 1.29 is 17.9 Å². The van der Waals surface area contributed by atoms with Crippen LogP contribution in [-0.4, -0.2) is 27.0 Å². The highest BCUT2D eigenvalue weighted by Gasteiger charge is 2.14. The van der Waals surface area contributed by atoms with Gasteiger partial charge < -0.3 is 10.1 Å². The predicted molar refractivity (Wildman–Crippen MR) is 110 cm³/mol. The molecule has 2 aromatic carbocycles. The first kappa shape index (κ1) is 21.1. The number of halogens is 1. The Morgan fingerprint density at radius 2 is 1.89 bits per heavy atom. The predicted octanol–water partition coefficient (Wildman–Crippen LogP) is 3.95. The molecule has 144 valence electrons. The van der Waals surface area contributed by atoms with Crippen LogP contribution in [0.1, 0.15) is 24.2 Å². The van der Waals surface area contributed by atoms with Gasteiger partial charge in [0.05, 0.1) is 15.5 Å². The molecule has 0 heterocycles. The number of carbonyl (C=O) groups is 1. The molecule has 2 rings (SSSR count). The van der Waals surface area contributed by atoms with E-state index in [0.717, 1.165) is 0 Å². The minimum atomic E-state index is -3.59. The normalized spacial score (nSPS) is 11.3. The second-order valence-electron chi connectivity index (χ2n) is 5.93. The van der Waals surface area contributed by atoms with Crippen molar-refractivity contribution in [3.8, 4) is 5.75 Å². The molecule has 0 aliphatic carbocycles. The molecule has 27 heavy (non-hydrogen) atoms. The van der Waals surface area contributed by atoms with Gasteiger partial charge in [0.1, 0.15) is 5.75 Å². The van der Waals surface area contributed by atoms with E-state index < -0.39 is 10.0 Å². The summed E-state index contributed by atoms with van der Waals surface area (Å²) >= 11 is 3.40. The van der Waals surface area contributed by atoms with Crippen molar-refractivity contribution in [2.45, 2.75) is 24.8 Å². The third-order valence-corrected chi connectivity index (χ3v) is 5.46. The van der Waals surface area contributed by atoms with Crippen LogP contribution < -0.4 is 14.8 Å². The summed E-state index contributed by atoms with van der Waals surface area (Å²) in [5.41, 5.74) is 0.934. The van der Waals surface area contributed by atoms with Crippen LogP contribution in [0.5, 0.6) is 5.75 Å². The van der Waals surface area contributed by atoms with Crippen LogP contribution >= 0.6 is 15.9 Å². The molecule has 2 aromatic rings.